The fraction of sp³-hybridized carbons (Fsp3) is 0.500. The molecule has 0 aromatic heterocycles. The summed E-state index contributed by atoms with van der Waals surface area (Å²) in [6.07, 6.45) is 1.24. The Morgan fingerprint density at radius 3 is 2.86 bits per heavy atom. The molecule has 5 nitrogen and oxygen atoms in total. The summed E-state index contributed by atoms with van der Waals surface area (Å²) in [5.41, 5.74) is 8.14. The number of carbonyl (C=O) groups is 1. The van der Waals surface area contributed by atoms with Crippen LogP contribution in [0.4, 0.5) is 11.4 Å². The highest BCUT2D eigenvalue weighted by molar-refractivity contribution is 5.91. The lowest BCUT2D eigenvalue weighted by Gasteiger charge is -2.17. The molecule has 0 aliphatic carbocycles. The van der Waals surface area contributed by atoms with Crippen LogP contribution in [0, 0.1) is 24.2 Å². The number of hydrogen-bond donors (Lipinski definition) is 2. The molecule has 0 saturated heterocycles. The fourth-order valence-corrected chi connectivity index (χ4v) is 2.15. The Bertz CT molecular complexity index is 521. The number of anilines is 2. The first-order valence-electron chi connectivity index (χ1n) is 7.16. The number of nitrogens with two attached hydrogens (primary N) is 1. The minimum Gasteiger partial charge on any atom is -0.399 e. The Hall–Kier alpha value is -2.06. The van der Waals surface area contributed by atoms with E-state index in [9.17, 15) is 4.79 Å². The topological polar surface area (TPSA) is 82.2 Å². The van der Waals surface area contributed by atoms with Gasteiger partial charge in [-0.05, 0) is 57.6 Å². The largest absolute Gasteiger partial charge is 0.399 e. The second-order valence-corrected chi connectivity index (χ2v) is 5.52. The number of aryl methyl sites for hydroxylation is 1. The average Bonchev–Trinajstić information content (AvgIpc) is 2.41. The molecule has 1 amide bonds. The van der Waals surface area contributed by atoms with Crippen LogP contribution in [0.15, 0.2) is 18.2 Å². The van der Waals surface area contributed by atoms with Gasteiger partial charge < -0.3 is 16.0 Å². The molecule has 0 spiro atoms. The van der Waals surface area contributed by atoms with Crippen LogP contribution >= 0.6 is 0 Å². The molecular formula is C16H24N4O. The number of nitrogens with one attached hydrogen (secondary N) is 1. The first kappa shape index (κ1) is 17.0. The molecule has 1 atom stereocenters. The van der Waals surface area contributed by atoms with E-state index < -0.39 is 0 Å². The summed E-state index contributed by atoms with van der Waals surface area (Å²) in [5.74, 6) is 0.0193. The maximum Gasteiger partial charge on any atom is 0.224 e. The first-order valence-corrected chi connectivity index (χ1v) is 7.16. The number of nitrogen functional groups attached to an aromatic ring is 1. The van der Waals surface area contributed by atoms with E-state index >= 15 is 0 Å². The van der Waals surface area contributed by atoms with E-state index in [0.717, 1.165) is 30.8 Å². The second-order valence-electron chi connectivity index (χ2n) is 5.52. The maximum absolute atomic E-state index is 11.9. The van der Waals surface area contributed by atoms with Crippen molar-refractivity contribution >= 4 is 17.3 Å². The van der Waals surface area contributed by atoms with Crippen molar-refractivity contribution in [1.29, 1.82) is 5.26 Å². The number of benzene rings is 1. The normalized spacial score (nSPS) is 12.0. The summed E-state index contributed by atoms with van der Waals surface area (Å²) >= 11 is 0. The number of rotatable bonds is 7. The number of amides is 1. The molecule has 114 valence electrons. The molecular weight excluding hydrogens is 264 g/mol. The summed E-state index contributed by atoms with van der Waals surface area (Å²) in [7, 11) is 1.97. The third kappa shape index (κ3) is 6.28. The Morgan fingerprint density at radius 2 is 2.24 bits per heavy atom. The molecule has 0 heterocycles. The van der Waals surface area contributed by atoms with E-state index in [0.29, 0.717) is 12.1 Å². The van der Waals surface area contributed by atoms with Crippen molar-refractivity contribution in [3.05, 3.63) is 23.8 Å². The number of nitriles is 1. The van der Waals surface area contributed by atoms with Crippen LogP contribution in [-0.4, -0.2) is 30.9 Å². The second kappa shape index (κ2) is 8.28. The zero-order valence-electron chi connectivity index (χ0n) is 13.0. The number of hydrogen-bond acceptors (Lipinski definition) is 4. The monoisotopic (exact) mass is 288 g/mol. The van der Waals surface area contributed by atoms with Gasteiger partial charge in [0.05, 0.1) is 12.0 Å². The molecule has 1 rings (SSSR count). The van der Waals surface area contributed by atoms with Crippen molar-refractivity contribution in [2.24, 2.45) is 5.92 Å². The smallest absolute Gasteiger partial charge is 0.224 e. The molecule has 0 saturated carbocycles. The quantitative estimate of drug-likeness (QED) is 0.755. The molecule has 1 aromatic rings. The minimum atomic E-state index is 0.00426. The van der Waals surface area contributed by atoms with Crippen molar-refractivity contribution in [3.63, 3.8) is 0 Å². The molecule has 0 aliphatic heterocycles. The van der Waals surface area contributed by atoms with Gasteiger partial charge in [-0.2, -0.15) is 5.26 Å². The van der Waals surface area contributed by atoms with Crippen LogP contribution in [-0.2, 0) is 4.79 Å². The molecule has 21 heavy (non-hydrogen) atoms. The lowest BCUT2D eigenvalue weighted by atomic mass is 10.1. The van der Waals surface area contributed by atoms with E-state index in [1.807, 2.05) is 33.0 Å². The summed E-state index contributed by atoms with van der Waals surface area (Å²) in [4.78, 5) is 14.0. The van der Waals surface area contributed by atoms with Gasteiger partial charge in [0.1, 0.15) is 0 Å². The van der Waals surface area contributed by atoms with E-state index in [-0.39, 0.29) is 11.8 Å². The summed E-state index contributed by atoms with van der Waals surface area (Å²) in [6.45, 7) is 5.35. The third-order valence-corrected chi connectivity index (χ3v) is 3.27. The van der Waals surface area contributed by atoms with Gasteiger partial charge in [0.2, 0.25) is 5.91 Å². The molecule has 5 heteroatoms. The van der Waals surface area contributed by atoms with Crippen molar-refractivity contribution in [2.45, 2.75) is 26.7 Å². The van der Waals surface area contributed by atoms with Crippen LogP contribution in [0.1, 0.15) is 25.3 Å². The van der Waals surface area contributed by atoms with Gasteiger partial charge in [-0.3, -0.25) is 4.79 Å². The highest BCUT2D eigenvalue weighted by Crippen LogP contribution is 2.17. The Labute approximate surface area is 126 Å². The molecule has 0 radical (unpaired) electrons. The van der Waals surface area contributed by atoms with E-state index in [4.69, 9.17) is 11.0 Å². The Kier molecular flexibility index (Phi) is 6.70. The Morgan fingerprint density at radius 1 is 1.52 bits per heavy atom. The summed E-state index contributed by atoms with van der Waals surface area (Å²) in [6, 6.07) is 7.65. The molecule has 0 bridgehead atoms. The molecule has 0 aliphatic rings. The van der Waals surface area contributed by atoms with E-state index in [2.05, 4.69) is 16.3 Å². The number of nitrogens with zero attached hydrogens (tertiary/aromatic N) is 2. The fourth-order valence-electron chi connectivity index (χ4n) is 2.15. The highest BCUT2D eigenvalue weighted by atomic mass is 16.1. The SMILES string of the molecule is Cc1cc(N)ccc1NC(=O)CCCN(C)CC(C)C#N. The van der Waals surface area contributed by atoms with Crippen molar-refractivity contribution in [2.75, 3.05) is 31.2 Å². The highest BCUT2D eigenvalue weighted by Gasteiger charge is 2.08. The predicted molar refractivity (Wildman–Crippen MR) is 85.7 cm³/mol. The van der Waals surface area contributed by atoms with E-state index in [1.165, 1.54) is 0 Å². The lowest BCUT2D eigenvalue weighted by Crippen LogP contribution is -2.25. The third-order valence-electron chi connectivity index (χ3n) is 3.27. The van der Waals surface area contributed by atoms with E-state index in [1.54, 1.807) is 6.07 Å². The van der Waals surface area contributed by atoms with Gasteiger partial charge >= 0.3 is 0 Å². The van der Waals surface area contributed by atoms with Crippen LogP contribution in [0.2, 0.25) is 0 Å². The predicted octanol–water partition coefficient (Wildman–Crippen LogP) is 2.39. The van der Waals surface area contributed by atoms with Gasteiger partial charge in [-0.1, -0.05) is 0 Å². The zero-order chi connectivity index (χ0) is 15.8. The summed E-state index contributed by atoms with van der Waals surface area (Å²) in [5, 5.41) is 11.7. The van der Waals surface area contributed by atoms with Gasteiger partial charge in [0.15, 0.2) is 0 Å². The average molecular weight is 288 g/mol. The maximum atomic E-state index is 11.9. The van der Waals surface area contributed by atoms with Crippen LogP contribution in [0.3, 0.4) is 0 Å². The molecule has 3 N–H and O–H groups in total. The molecule has 1 unspecified atom stereocenters. The van der Waals surface area contributed by atoms with Gasteiger partial charge in [0, 0.05) is 24.3 Å². The Balaban J connectivity index is 2.33. The standard InChI is InChI=1S/C16H24N4O/c1-12(10-17)11-20(3)8-4-5-16(21)19-15-7-6-14(18)9-13(15)2/h6-7,9,12H,4-5,8,11,18H2,1-3H3,(H,19,21). The molecule has 0 fully saturated rings. The number of carbonyl (C=O) groups excluding carboxylic acids is 1. The van der Waals surface area contributed by atoms with Crippen molar-refractivity contribution in [3.8, 4) is 6.07 Å². The molecule has 1 aromatic carbocycles. The van der Waals surface area contributed by atoms with Gasteiger partial charge in [0.25, 0.3) is 0 Å². The van der Waals surface area contributed by atoms with Crippen LogP contribution in [0.25, 0.3) is 0 Å². The minimum absolute atomic E-state index is 0.00426. The first-order chi connectivity index (χ1) is 9.92. The lowest BCUT2D eigenvalue weighted by molar-refractivity contribution is -0.116. The van der Waals surface area contributed by atoms with Gasteiger partial charge in [-0.15, -0.1) is 0 Å². The van der Waals surface area contributed by atoms with Crippen molar-refractivity contribution < 1.29 is 4.79 Å². The van der Waals surface area contributed by atoms with Crippen LogP contribution in [0.5, 0.6) is 0 Å². The zero-order valence-corrected chi connectivity index (χ0v) is 13.0. The summed E-state index contributed by atoms with van der Waals surface area (Å²) < 4.78 is 0. The van der Waals surface area contributed by atoms with Gasteiger partial charge in [-0.25, -0.2) is 0 Å². The van der Waals surface area contributed by atoms with Crippen molar-refractivity contribution in [1.82, 2.24) is 4.90 Å². The van der Waals surface area contributed by atoms with Crippen LogP contribution < -0.4 is 11.1 Å².